The van der Waals surface area contributed by atoms with Gasteiger partial charge in [-0.3, -0.25) is 14.5 Å². The highest BCUT2D eigenvalue weighted by Gasteiger charge is 2.58. The third kappa shape index (κ3) is 2.93. The number of carbonyl (C=O) groups excluding carboxylic acids is 3. The lowest BCUT2D eigenvalue weighted by molar-refractivity contribution is -0.149. The van der Waals surface area contributed by atoms with Crippen molar-refractivity contribution in [2.75, 3.05) is 16.8 Å². The van der Waals surface area contributed by atoms with Crippen molar-refractivity contribution >= 4 is 51.7 Å². The van der Waals surface area contributed by atoms with E-state index in [2.05, 4.69) is 5.32 Å². The van der Waals surface area contributed by atoms with Gasteiger partial charge in [0, 0.05) is 28.8 Å². The van der Waals surface area contributed by atoms with Gasteiger partial charge in [0.1, 0.15) is 0 Å². The monoisotopic (exact) mass is 418 g/mol. The van der Waals surface area contributed by atoms with Crippen molar-refractivity contribution < 1.29 is 19.1 Å². The lowest BCUT2D eigenvalue weighted by Gasteiger charge is -2.28. The lowest BCUT2D eigenvalue weighted by atomic mass is 10.1. The summed E-state index contributed by atoms with van der Waals surface area (Å²) in [4.78, 5) is 39.2. The summed E-state index contributed by atoms with van der Waals surface area (Å²) in [5.74, 6) is -1.10. The van der Waals surface area contributed by atoms with E-state index in [0.29, 0.717) is 12.1 Å². The lowest BCUT2D eigenvalue weighted by Crippen LogP contribution is -2.48. The Kier molecular flexibility index (Phi) is 4.47. The Balaban J connectivity index is 1.30. The second-order valence-corrected chi connectivity index (χ2v) is 8.55. The summed E-state index contributed by atoms with van der Waals surface area (Å²) in [6.07, 6.45) is 0.633. The topological polar surface area (TPSA) is 75.7 Å². The number of hydrogen-bond donors (Lipinski definition) is 1. The molecule has 2 heterocycles. The Morgan fingerprint density at radius 2 is 1.80 bits per heavy atom. The van der Waals surface area contributed by atoms with Crippen molar-refractivity contribution in [2.45, 2.75) is 22.6 Å². The van der Waals surface area contributed by atoms with E-state index in [1.807, 2.05) is 66.7 Å². The van der Waals surface area contributed by atoms with Crippen molar-refractivity contribution in [1.29, 1.82) is 0 Å². The zero-order chi connectivity index (χ0) is 20.7. The Morgan fingerprint density at radius 1 is 1.03 bits per heavy atom. The third-order valence-corrected chi connectivity index (χ3v) is 6.85. The van der Waals surface area contributed by atoms with E-state index in [-0.39, 0.29) is 12.3 Å². The van der Waals surface area contributed by atoms with Crippen molar-refractivity contribution in [3.8, 4) is 0 Å². The summed E-state index contributed by atoms with van der Waals surface area (Å²) < 4.78 is 5.39. The first-order valence-corrected chi connectivity index (χ1v) is 10.5. The van der Waals surface area contributed by atoms with E-state index < -0.39 is 23.4 Å². The molecular weight excluding hydrogens is 400 g/mol. The number of thioether (sulfide) groups is 1. The molecule has 0 saturated carbocycles. The van der Waals surface area contributed by atoms with Crippen LogP contribution in [0.15, 0.2) is 71.6 Å². The summed E-state index contributed by atoms with van der Waals surface area (Å²) in [5, 5.41) is 4.73. The first kappa shape index (κ1) is 18.7. The van der Waals surface area contributed by atoms with E-state index in [1.165, 1.54) is 16.7 Å². The fourth-order valence-electron chi connectivity index (χ4n) is 4.04. The summed E-state index contributed by atoms with van der Waals surface area (Å²) in [6, 6.07) is 20.8. The molecule has 30 heavy (non-hydrogen) atoms. The van der Waals surface area contributed by atoms with Gasteiger partial charge in [-0.15, -0.1) is 0 Å². The summed E-state index contributed by atoms with van der Waals surface area (Å²) in [7, 11) is 0. The molecule has 6 nitrogen and oxygen atoms in total. The molecule has 1 fully saturated rings. The SMILES string of the molecule is O=C(COC(=O)C12CCC(=O)N1c1ccccc1S2)Nc1cccc2ccccc12. The zero-order valence-corrected chi connectivity index (χ0v) is 16.8. The molecule has 3 aromatic rings. The normalized spacial score (nSPS) is 19.5. The molecule has 3 aromatic carbocycles. The molecule has 150 valence electrons. The number of ether oxygens (including phenoxy) is 1. The molecule has 1 saturated heterocycles. The van der Waals surface area contributed by atoms with Crippen LogP contribution in [0.3, 0.4) is 0 Å². The second-order valence-electron chi connectivity index (χ2n) is 7.23. The maximum absolute atomic E-state index is 13.0. The van der Waals surface area contributed by atoms with Gasteiger partial charge in [-0.2, -0.15) is 0 Å². The molecule has 2 aliphatic rings. The number of nitrogens with zero attached hydrogens (tertiary/aromatic N) is 1. The van der Waals surface area contributed by atoms with Crippen molar-refractivity contribution in [2.24, 2.45) is 0 Å². The molecule has 0 radical (unpaired) electrons. The standard InChI is InChI=1S/C23H18N2O4S/c26-20(24-17-9-5-7-15-6-1-2-8-16(15)17)14-29-22(28)23-13-12-21(27)25(23)18-10-3-4-11-19(18)30-23/h1-11H,12-14H2,(H,24,26). The second kappa shape index (κ2) is 7.18. The molecule has 1 N–H and O–H groups in total. The Morgan fingerprint density at radius 3 is 2.70 bits per heavy atom. The van der Waals surface area contributed by atoms with Crippen LogP contribution in [-0.2, 0) is 19.1 Å². The highest BCUT2D eigenvalue weighted by molar-refractivity contribution is 8.02. The Hall–Kier alpha value is -3.32. The number of esters is 1. The molecule has 7 heteroatoms. The van der Waals surface area contributed by atoms with Gasteiger partial charge >= 0.3 is 5.97 Å². The predicted octanol–water partition coefficient (Wildman–Crippen LogP) is 3.95. The van der Waals surface area contributed by atoms with Gasteiger partial charge in [-0.25, -0.2) is 4.79 Å². The number of hydrogen-bond acceptors (Lipinski definition) is 5. The highest BCUT2D eigenvalue weighted by atomic mass is 32.2. The van der Waals surface area contributed by atoms with Crippen LogP contribution in [0.5, 0.6) is 0 Å². The zero-order valence-electron chi connectivity index (χ0n) is 16.0. The molecule has 0 bridgehead atoms. The van der Waals surface area contributed by atoms with E-state index in [0.717, 1.165) is 21.4 Å². The van der Waals surface area contributed by atoms with Crippen molar-refractivity contribution in [1.82, 2.24) is 0 Å². The number of rotatable bonds is 4. The van der Waals surface area contributed by atoms with Crippen LogP contribution in [0, 0.1) is 0 Å². The van der Waals surface area contributed by atoms with Gasteiger partial charge in [-0.1, -0.05) is 60.3 Å². The van der Waals surface area contributed by atoms with Crippen molar-refractivity contribution in [3.63, 3.8) is 0 Å². The van der Waals surface area contributed by atoms with Crippen LogP contribution < -0.4 is 10.2 Å². The molecule has 5 rings (SSSR count). The molecule has 0 aromatic heterocycles. The third-order valence-electron chi connectivity index (χ3n) is 5.39. The number of para-hydroxylation sites is 1. The highest BCUT2D eigenvalue weighted by Crippen LogP contribution is 2.56. The van der Waals surface area contributed by atoms with Gasteiger partial charge in [0.25, 0.3) is 5.91 Å². The minimum atomic E-state index is -1.12. The molecule has 2 aliphatic heterocycles. The molecule has 1 atom stereocenters. The first-order chi connectivity index (χ1) is 14.6. The molecule has 0 aliphatic carbocycles. The van der Waals surface area contributed by atoms with Crippen molar-refractivity contribution in [3.05, 3.63) is 66.7 Å². The number of amides is 2. The van der Waals surface area contributed by atoms with E-state index >= 15 is 0 Å². The van der Waals surface area contributed by atoms with Gasteiger partial charge in [-0.05, 0) is 23.6 Å². The number of carbonyl (C=O) groups is 3. The molecule has 1 unspecified atom stereocenters. The summed E-state index contributed by atoms with van der Waals surface area (Å²) >= 11 is 1.32. The quantitative estimate of drug-likeness (QED) is 0.650. The number of anilines is 2. The Labute approximate surface area is 177 Å². The minimum Gasteiger partial charge on any atom is -0.453 e. The molecular formula is C23H18N2O4S. The van der Waals surface area contributed by atoms with Gasteiger partial charge in [0.15, 0.2) is 11.5 Å². The first-order valence-electron chi connectivity index (χ1n) is 9.64. The maximum Gasteiger partial charge on any atom is 0.344 e. The van der Waals surface area contributed by atoms with Crippen LogP contribution in [0.4, 0.5) is 11.4 Å². The largest absolute Gasteiger partial charge is 0.453 e. The van der Waals surface area contributed by atoms with E-state index in [9.17, 15) is 14.4 Å². The molecule has 2 amide bonds. The number of fused-ring (bicyclic) bond motifs is 4. The van der Waals surface area contributed by atoms with Crippen LogP contribution in [0.2, 0.25) is 0 Å². The van der Waals surface area contributed by atoms with Crippen LogP contribution in [0.25, 0.3) is 10.8 Å². The fraction of sp³-hybridized carbons (Fsp3) is 0.174. The Bertz CT molecular complexity index is 1190. The van der Waals surface area contributed by atoms with Gasteiger partial charge in [0.05, 0.1) is 5.69 Å². The number of nitrogens with one attached hydrogen (secondary N) is 1. The summed E-state index contributed by atoms with van der Waals surface area (Å²) in [5.41, 5.74) is 1.38. The van der Waals surface area contributed by atoms with Crippen LogP contribution >= 0.6 is 11.8 Å². The fourth-order valence-corrected chi connectivity index (χ4v) is 5.45. The average Bonchev–Trinajstić information content (AvgIpc) is 3.28. The predicted molar refractivity (Wildman–Crippen MR) is 115 cm³/mol. The number of benzene rings is 3. The summed E-state index contributed by atoms with van der Waals surface area (Å²) in [6.45, 7) is -0.414. The maximum atomic E-state index is 13.0. The van der Waals surface area contributed by atoms with Crippen LogP contribution in [0.1, 0.15) is 12.8 Å². The molecule has 0 spiro atoms. The van der Waals surface area contributed by atoms with Crippen LogP contribution in [-0.4, -0.2) is 29.3 Å². The van der Waals surface area contributed by atoms with Gasteiger partial charge < -0.3 is 10.1 Å². The smallest absolute Gasteiger partial charge is 0.344 e. The van der Waals surface area contributed by atoms with E-state index in [1.54, 1.807) is 0 Å². The van der Waals surface area contributed by atoms with E-state index in [4.69, 9.17) is 4.74 Å². The van der Waals surface area contributed by atoms with Gasteiger partial charge in [0.2, 0.25) is 5.91 Å². The average molecular weight is 418 g/mol. The minimum absolute atomic E-state index is 0.107.